The highest BCUT2D eigenvalue weighted by Gasteiger charge is 2.24. The van der Waals surface area contributed by atoms with Crippen molar-refractivity contribution in [2.24, 2.45) is 11.7 Å². The average Bonchev–Trinajstić information content (AvgIpc) is 2.32. The Morgan fingerprint density at radius 3 is 2.94 bits per heavy atom. The van der Waals surface area contributed by atoms with Crippen molar-refractivity contribution < 1.29 is 4.79 Å². The molecule has 1 aliphatic heterocycles. The zero-order valence-electron chi connectivity index (χ0n) is 9.73. The van der Waals surface area contributed by atoms with Crippen molar-refractivity contribution in [1.29, 1.82) is 0 Å². The number of hydrogen-bond acceptors (Lipinski definition) is 2. The summed E-state index contributed by atoms with van der Waals surface area (Å²) in [5, 5.41) is 0.786. The smallest absolute Gasteiger partial charge is 0.221 e. The number of amides is 1. The van der Waals surface area contributed by atoms with Crippen molar-refractivity contribution in [1.82, 2.24) is 4.90 Å². The molecule has 1 aliphatic rings. The van der Waals surface area contributed by atoms with E-state index in [1.165, 1.54) is 0 Å². The summed E-state index contributed by atoms with van der Waals surface area (Å²) in [4.78, 5) is 13.4. The fourth-order valence-electron chi connectivity index (χ4n) is 2.30. The monoisotopic (exact) mass is 252 g/mol. The van der Waals surface area contributed by atoms with Crippen molar-refractivity contribution in [3.8, 4) is 0 Å². The van der Waals surface area contributed by atoms with Crippen LogP contribution < -0.4 is 5.73 Å². The lowest BCUT2D eigenvalue weighted by molar-refractivity contribution is -0.123. The molecule has 0 aromatic heterocycles. The Bertz CT molecular complexity index is 408. The first kappa shape index (κ1) is 12.4. The maximum absolute atomic E-state index is 11.2. The molecule has 3 nitrogen and oxygen atoms in total. The van der Waals surface area contributed by atoms with E-state index in [1.54, 1.807) is 0 Å². The number of benzene rings is 1. The quantitative estimate of drug-likeness (QED) is 0.895. The minimum absolute atomic E-state index is 0.00811. The molecule has 0 saturated carbocycles. The number of likely N-dealkylation sites (tertiary alicyclic amines) is 1. The van der Waals surface area contributed by atoms with Crippen molar-refractivity contribution in [3.63, 3.8) is 0 Å². The second-order valence-corrected chi connectivity index (χ2v) is 4.98. The minimum Gasteiger partial charge on any atom is -0.369 e. The van der Waals surface area contributed by atoms with Gasteiger partial charge < -0.3 is 5.73 Å². The van der Waals surface area contributed by atoms with Gasteiger partial charge in [0.15, 0.2) is 0 Å². The van der Waals surface area contributed by atoms with Gasteiger partial charge in [0, 0.05) is 18.1 Å². The lowest BCUT2D eigenvalue weighted by atomic mass is 9.97. The Balaban J connectivity index is 1.99. The summed E-state index contributed by atoms with van der Waals surface area (Å²) in [6, 6.07) is 7.83. The van der Waals surface area contributed by atoms with Crippen LogP contribution in [0.3, 0.4) is 0 Å². The lowest BCUT2D eigenvalue weighted by Gasteiger charge is -2.31. The number of carbonyl (C=O) groups is 1. The van der Waals surface area contributed by atoms with Crippen LogP contribution in [-0.4, -0.2) is 23.9 Å². The van der Waals surface area contributed by atoms with Crippen LogP contribution in [0.2, 0.25) is 5.02 Å². The highest BCUT2D eigenvalue weighted by molar-refractivity contribution is 6.31. The Kier molecular flexibility index (Phi) is 4.02. The van der Waals surface area contributed by atoms with Gasteiger partial charge in [-0.1, -0.05) is 29.8 Å². The number of nitrogens with two attached hydrogens (primary N) is 1. The molecule has 1 atom stereocenters. The zero-order valence-corrected chi connectivity index (χ0v) is 10.5. The second-order valence-electron chi connectivity index (χ2n) is 4.57. The summed E-state index contributed by atoms with van der Waals surface area (Å²) in [7, 11) is 0. The SMILES string of the molecule is NC(=O)[C@H]1CCCN(Cc2ccccc2Cl)C1. The molecule has 1 heterocycles. The van der Waals surface area contributed by atoms with E-state index in [-0.39, 0.29) is 11.8 Å². The van der Waals surface area contributed by atoms with Crippen LogP contribution in [-0.2, 0) is 11.3 Å². The molecule has 1 aromatic rings. The van der Waals surface area contributed by atoms with E-state index in [2.05, 4.69) is 4.90 Å². The largest absolute Gasteiger partial charge is 0.369 e. The predicted octanol–water partition coefficient (Wildman–Crippen LogP) is 2.04. The fraction of sp³-hybridized carbons (Fsp3) is 0.462. The Morgan fingerprint density at radius 1 is 1.47 bits per heavy atom. The van der Waals surface area contributed by atoms with E-state index in [0.717, 1.165) is 43.1 Å². The molecule has 1 fully saturated rings. The van der Waals surface area contributed by atoms with Crippen molar-refractivity contribution in [2.45, 2.75) is 19.4 Å². The molecule has 2 N–H and O–H groups in total. The third-order valence-corrected chi connectivity index (χ3v) is 3.63. The Morgan fingerprint density at radius 2 is 2.24 bits per heavy atom. The van der Waals surface area contributed by atoms with Crippen molar-refractivity contribution >= 4 is 17.5 Å². The molecule has 1 saturated heterocycles. The highest BCUT2D eigenvalue weighted by Crippen LogP contribution is 2.21. The van der Waals surface area contributed by atoms with Gasteiger partial charge in [-0.05, 0) is 31.0 Å². The van der Waals surface area contributed by atoms with Gasteiger partial charge in [0.1, 0.15) is 0 Å². The van der Waals surface area contributed by atoms with Crippen molar-refractivity contribution in [3.05, 3.63) is 34.9 Å². The molecule has 0 spiro atoms. The van der Waals surface area contributed by atoms with E-state index < -0.39 is 0 Å². The second kappa shape index (κ2) is 5.52. The molecule has 1 amide bonds. The summed E-state index contributed by atoms with van der Waals surface area (Å²) in [6.07, 6.45) is 1.94. The molecule has 17 heavy (non-hydrogen) atoms. The molecule has 0 aliphatic carbocycles. The molecule has 92 valence electrons. The van der Waals surface area contributed by atoms with Crippen LogP contribution in [0.25, 0.3) is 0 Å². The fourth-order valence-corrected chi connectivity index (χ4v) is 2.49. The maximum atomic E-state index is 11.2. The van der Waals surface area contributed by atoms with Gasteiger partial charge in [-0.15, -0.1) is 0 Å². The van der Waals surface area contributed by atoms with Gasteiger partial charge in [-0.2, -0.15) is 0 Å². The molecule has 0 radical (unpaired) electrons. The summed E-state index contributed by atoms with van der Waals surface area (Å²) in [5.41, 5.74) is 6.47. The van der Waals surface area contributed by atoms with Crippen LogP contribution in [0.15, 0.2) is 24.3 Å². The van der Waals surface area contributed by atoms with Crippen molar-refractivity contribution in [2.75, 3.05) is 13.1 Å². The first-order valence-corrected chi connectivity index (χ1v) is 6.29. The molecule has 1 aromatic carbocycles. The van der Waals surface area contributed by atoms with Gasteiger partial charge in [0.2, 0.25) is 5.91 Å². The third-order valence-electron chi connectivity index (χ3n) is 3.26. The maximum Gasteiger partial charge on any atom is 0.221 e. The van der Waals surface area contributed by atoms with Crippen LogP contribution in [0.1, 0.15) is 18.4 Å². The first-order chi connectivity index (χ1) is 8.16. The standard InChI is InChI=1S/C13H17ClN2O/c14-12-6-2-1-4-10(12)8-16-7-3-5-11(9-16)13(15)17/h1-2,4,6,11H,3,5,7-9H2,(H2,15,17)/t11-/m0/s1. The van der Waals surface area contributed by atoms with Crippen LogP contribution in [0.5, 0.6) is 0 Å². The first-order valence-electron chi connectivity index (χ1n) is 5.92. The normalized spacial score (nSPS) is 21.4. The van der Waals surface area contributed by atoms with E-state index in [1.807, 2.05) is 24.3 Å². The summed E-state index contributed by atoms with van der Waals surface area (Å²) in [6.45, 7) is 2.55. The number of primary amides is 1. The zero-order chi connectivity index (χ0) is 12.3. The highest BCUT2D eigenvalue weighted by atomic mass is 35.5. The topological polar surface area (TPSA) is 46.3 Å². The lowest BCUT2D eigenvalue weighted by Crippen LogP contribution is -2.40. The number of rotatable bonds is 3. The number of carbonyl (C=O) groups excluding carboxylic acids is 1. The Labute approximate surface area is 107 Å². The summed E-state index contributed by atoms with van der Waals surface area (Å²) < 4.78 is 0. The van der Waals surface area contributed by atoms with Crippen LogP contribution in [0.4, 0.5) is 0 Å². The van der Waals surface area contributed by atoms with Gasteiger partial charge >= 0.3 is 0 Å². The number of piperidine rings is 1. The van der Waals surface area contributed by atoms with Crippen LogP contribution >= 0.6 is 11.6 Å². The number of halogens is 1. The van der Waals surface area contributed by atoms with Gasteiger partial charge in [-0.25, -0.2) is 0 Å². The van der Waals surface area contributed by atoms with E-state index in [0.29, 0.717) is 0 Å². The minimum atomic E-state index is -0.186. The summed E-state index contributed by atoms with van der Waals surface area (Å²) in [5.74, 6) is -0.194. The van der Waals surface area contributed by atoms with Gasteiger partial charge in [0.25, 0.3) is 0 Å². The number of hydrogen-bond donors (Lipinski definition) is 1. The molecule has 0 unspecified atom stereocenters. The van der Waals surface area contributed by atoms with E-state index in [4.69, 9.17) is 17.3 Å². The van der Waals surface area contributed by atoms with Gasteiger partial charge in [-0.3, -0.25) is 9.69 Å². The number of nitrogens with zero attached hydrogens (tertiary/aromatic N) is 1. The predicted molar refractivity (Wildman–Crippen MR) is 68.6 cm³/mol. The molecule has 4 heteroatoms. The average molecular weight is 253 g/mol. The van der Waals surface area contributed by atoms with E-state index >= 15 is 0 Å². The summed E-state index contributed by atoms with van der Waals surface area (Å²) >= 11 is 6.12. The molecule has 2 rings (SSSR count). The van der Waals surface area contributed by atoms with Gasteiger partial charge in [0.05, 0.1) is 5.92 Å². The van der Waals surface area contributed by atoms with E-state index in [9.17, 15) is 4.79 Å². The Hall–Kier alpha value is -1.06. The molecule has 0 bridgehead atoms. The molecular weight excluding hydrogens is 236 g/mol. The third kappa shape index (κ3) is 3.20. The molecular formula is C13H17ClN2O. The van der Waals surface area contributed by atoms with Crippen LogP contribution in [0, 0.1) is 5.92 Å².